The fraction of sp³-hybridized carbons (Fsp3) is 0.647. The van der Waals surface area contributed by atoms with Gasteiger partial charge in [0.05, 0.1) is 6.04 Å². The molecule has 20 heavy (non-hydrogen) atoms. The molecule has 112 valence electrons. The summed E-state index contributed by atoms with van der Waals surface area (Å²) in [6.45, 7) is 4.99. The van der Waals surface area contributed by atoms with Crippen molar-refractivity contribution in [1.82, 2.24) is 10.2 Å². The molecule has 0 amide bonds. The van der Waals surface area contributed by atoms with E-state index in [0.29, 0.717) is 0 Å². The lowest BCUT2D eigenvalue weighted by atomic mass is 9.82. The Morgan fingerprint density at radius 3 is 2.40 bits per heavy atom. The molecule has 1 aromatic rings. The van der Waals surface area contributed by atoms with Crippen molar-refractivity contribution >= 4 is 0 Å². The van der Waals surface area contributed by atoms with E-state index in [1.54, 1.807) is 12.1 Å². The van der Waals surface area contributed by atoms with E-state index >= 15 is 0 Å². The molecule has 0 heterocycles. The average Bonchev–Trinajstić information content (AvgIpc) is 2.85. The highest BCUT2D eigenvalue weighted by Crippen LogP contribution is 2.43. The highest BCUT2D eigenvalue weighted by molar-refractivity contribution is 5.29. The molecular formula is C17H27FN2. The summed E-state index contributed by atoms with van der Waals surface area (Å²) in [6.07, 6.45) is 4.86. The predicted molar refractivity (Wildman–Crippen MR) is 82.4 cm³/mol. The molecular weight excluding hydrogens is 251 g/mol. The Labute approximate surface area is 122 Å². The third-order valence-electron chi connectivity index (χ3n) is 4.70. The van der Waals surface area contributed by atoms with Crippen LogP contribution in [-0.4, -0.2) is 31.1 Å². The number of aryl methyl sites for hydroxylation is 1. The highest BCUT2D eigenvalue weighted by atomic mass is 19.1. The third-order valence-corrected chi connectivity index (χ3v) is 4.70. The number of nitrogens with one attached hydrogen (secondary N) is 1. The van der Waals surface area contributed by atoms with Crippen LogP contribution in [0.2, 0.25) is 0 Å². The number of halogens is 1. The number of hydrogen-bond donors (Lipinski definition) is 1. The van der Waals surface area contributed by atoms with E-state index in [2.05, 4.69) is 37.3 Å². The summed E-state index contributed by atoms with van der Waals surface area (Å²) >= 11 is 0. The lowest BCUT2D eigenvalue weighted by molar-refractivity contribution is 0.105. The van der Waals surface area contributed by atoms with Gasteiger partial charge in [-0.2, -0.15) is 0 Å². The van der Waals surface area contributed by atoms with Gasteiger partial charge in [0.1, 0.15) is 5.82 Å². The van der Waals surface area contributed by atoms with Gasteiger partial charge in [0.15, 0.2) is 0 Å². The first-order chi connectivity index (χ1) is 9.49. The Morgan fingerprint density at radius 2 is 1.90 bits per heavy atom. The van der Waals surface area contributed by atoms with Crippen molar-refractivity contribution in [3.63, 3.8) is 0 Å². The number of likely N-dealkylation sites (N-methyl/N-ethyl adjacent to an activating group) is 2. The quantitative estimate of drug-likeness (QED) is 0.884. The van der Waals surface area contributed by atoms with Crippen LogP contribution in [-0.2, 0) is 0 Å². The lowest BCUT2D eigenvalue weighted by Crippen LogP contribution is -2.52. The van der Waals surface area contributed by atoms with Crippen LogP contribution in [0.1, 0.15) is 49.8 Å². The molecule has 0 aromatic heterocycles. The predicted octanol–water partition coefficient (Wildman–Crippen LogP) is 3.66. The minimum atomic E-state index is -0.130. The summed E-state index contributed by atoms with van der Waals surface area (Å²) in [5.41, 5.74) is 2.19. The van der Waals surface area contributed by atoms with E-state index in [1.807, 2.05) is 6.92 Å². The smallest absolute Gasteiger partial charge is 0.123 e. The first-order valence-corrected chi connectivity index (χ1v) is 7.67. The molecule has 0 bridgehead atoms. The van der Waals surface area contributed by atoms with Gasteiger partial charge in [-0.15, -0.1) is 0 Å². The molecule has 1 saturated carbocycles. The minimum Gasteiger partial charge on any atom is -0.309 e. The number of benzene rings is 1. The van der Waals surface area contributed by atoms with E-state index < -0.39 is 0 Å². The van der Waals surface area contributed by atoms with Gasteiger partial charge in [-0.25, -0.2) is 4.39 Å². The Hall–Kier alpha value is -0.930. The summed E-state index contributed by atoms with van der Waals surface area (Å²) in [6, 6.07) is 5.62. The van der Waals surface area contributed by atoms with E-state index in [9.17, 15) is 4.39 Å². The van der Waals surface area contributed by atoms with Crippen LogP contribution in [0.4, 0.5) is 4.39 Å². The van der Waals surface area contributed by atoms with E-state index in [4.69, 9.17) is 0 Å². The molecule has 0 saturated heterocycles. The van der Waals surface area contributed by atoms with Crippen molar-refractivity contribution in [2.45, 2.75) is 51.1 Å². The maximum Gasteiger partial charge on any atom is 0.123 e. The van der Waals surface area contributed by atoms with E-state index in [-0.39, 0.29) is 17.4 Å². The first kappa shape index (κ1) is 15.5. The number of rotatable bonds is 5. The Kier molecular flexibility index (Phi) is 4.82. The van der Waals surface area contributed by atoms with Crippen molar-refractivity contribution in [2.24, 2.45) is 0 Å². The Bertz CT molecular complexity index is 430. The SMILES string of the molecule is CCNC(c1cc(C)cc(F)c1)C1(N(C)C)CCCC1. The van der Waals surface area contributed by atoms with Crippen LogP contribution in [0.25, 0.3) is 0 Å². The number of hydrogen-bond acceptors (Lipinski definition) is 2. The standard InChI is InChI=1S/C17H27FN2/c1-5-19-16(14-10-13(2)11-15(18)12-14)17(20(3)4)8-6-7-9-17/h10-12,16,19H,5-9H2,1-4H3. The average molecular weight is 278 g/mol. The summed E-state index contributed by atoms with van der Waals surface area (Å²) in [5.74, 6) is -0.130. The molecule has 1 unspecified atom stereocenters. The topological polar surface area (TPSA) is 15.3 Å². The lowest BCUT2D eigenvalue weighted by Gasteiger charge is -2.44. The molecule has 3 heteroatoms. The monoisotopic (exact) mass is 278 g/mol. The van der Waals surface area contributed by atoms with E-state index in [0.717, 1.165) is 17.7 Å². The second-order valence-electron chi connectivity index (χ2n) is 6.26. The summed E-state index contributed by atoms with van der Waals surface area (Å²) in [5, 5.41) is 3.61. The van der Waals surface area contributed by atoms with Gasteiger partial charge in [0.2, 0.25) is 0 Å². The summed E-state index contributed by atoms with van der Waals surface area (Å²) in [7, 11) is 4.31. The van der Waals surface area contributed by atoms with Crippen LogP contribution in [0.15, 0.2) is 18.2 Å². The second kappa shape index (κ2) is 6.23. The van der Waals surface area contributed by atoms with Crippen LogP contribution < -0.4 is 5.32 Å². The maximum atomic E-state index is 13.8. The fourth-order valence-electron chi connectivity index (χ4n) is 3.73. The van der Waals surface area contributed by atoms with Gasteiger partial charge in [-0.1, -0.05) is 25.8 Å². The van der Waals surface area contributed by atoms with Gasteiger partial charge < -0.3 is 10.2 Å². The van der Waals surface area contributed by atoms with Gasteiger partial charge in [-0.3, -0.25) is 0 Å². The fourth-order valence-corrected chi connectivity index (χ4v) is 3.73. The molecule has 0 aliphatic heterocycles. The minimum absolute atomic E-state index is 0.107. The molecule has 1 aliphatic rings. The maximum absolute atomic E-state index is 13.8. The van der Waals surface area contributed by atoms with Gasteiger partial charge in [0.25, 0.3) is 0 Å². The van der Waals surface area contributed by atoms with Crippen LogP contribution in [0.3, 0.4) is 0 Å². The molecule has 1 N–H and O–H groups in total. The molecule has 1 aliphatic carbocycles. The molecule has 2 rings (SSSR count). The van der Waals surface area contributed by atoms with Gasteiger partial charge >= 0.3 is 0 Å². The largest absolute Gasteiger partial charge is 0.309 e. The number of nitrogens with zero attached hydrogens (tertiary/aromatic N) is 1. The molecule has 0 spiro atoms. The van der Waals surface area contributed by atoms with Crippen molar-refractivity contribution in [1.29, 1.82) is 0 Å². The van der Waals surface area contributed by atoms with Crippen LogP contribution >= 0.6 is 0 Å². The zero-order valence-electron chi connectivity index (χ0n) is 13.2. The molecule has 1 atom stereocenters. The van der Waals surface area contributed by atoms with Crippen molar-refractivity contribution in [3.8, 4) is 0 Å². The van der Waals surface area contributed by atoms with Crippen molar-refractivity contribution < 1.29 is 4.39 Å². The first-order valence-electron chi connectivity index (χ1n) is 7.67. The summed E-state index contributed by atoms with van der Waals surface area (Å²) < 4.78 is 13.8. The third kappa shape index (κ3) is 2.89. The zero-order chi connectivity index (χ0) is 14.8. The molecule has 0 radical (unpaired) electrons. The Balaban J connectivity index is 2.43. The highest BCUT2D eigenvalue weighted by Gasteiger charge is 2.43. The zero-order valence-corrected chi connectivity index (χ0v) is 13.2. The van der Waals surface area contributed by atoms with Crippen LogP contribution in [0, 0.1) is 12.7 Å². The van der Waals surface area contributed by atoms with Gasteiger partial charge in [-0.05, 0) is 63.7 Å². The van der Waals surface area contributed by atoms with Gasteiger partial charge in [0, 0.05) is 5.54 Å². The Morgan fingerprint density at radius 1 is 1.25 bits per heavy atom. The normalized spacial score (nSPS) is 19.5. The van der Waals surface area contributed by atoms with Crippen molar-refractivity contribution in [3.05, 3.63) is 35.1 Å². The molecule has 1 fully saturated rings. The van der Waals surface area contributed by atoms with E-state index in [1.165, 1.54) is 25.7 Å². The molecule has 1 aromatic carbocycles. The van der Waals surface area contributed by atoms with Crippen molar-refractivity contribution in [2.75, 3.05) is 20.6 Å². The second-order valence-corrected chi connectivity index (χ2v) is 6.26. The molecule has 2 nitrogen and oxygen atoms in total. The van der Waals surface area contributed by atoms with Crippen LogP contribution in [0.5, 0.6) is 0 Å². The summed E-state index contributed by atoms with van der Waals surface area (Å²) in [4.78, 5) is 2.34.